The minimum absolute atomic E-state index is 0.0740. The Hall–Kier alpha value is -1.97. The van der Waals surface area contributed by atoms with E-state index in [2.05, 4.69) is 0 Å². The van der Waals surface area contributed by atoms with E-state index in [4.69, 9.17) is 16.3 Å². The molecule has 2 aliphatic rings. The van der Waals surface area contributed by atoms with Crippen LogP contribution in [0.5, 0.6) is 0 Å². The van der Waals surface area contributed by atoms with Crippen molar-refractivity contribution in [1.82, 2.24) is 0 Å². The first kappa shape index (κ1) is 17.4. The molecule has 2 aliphatic heterocycles. The van der Waals surface area contributed by atoms with Crippen molar-refractivity contribution in [3.05, 3.63) is 58.6 Å². The van der Waals surface area contributed by atoms with Crippen molar-refractivity contribution < 1.29 is 14.3 Å². The second kappa shape index (κ2) is 6.33. The lowest BCUT2D eigenvalue weighted by molar-refractivity contribution is -0.163. The van der Waals surface area contributed by atoms with Crippen LogP contribution in [0.1, 0.15) is 43.2 Å². The number of ether oxygens (including phenoxy) is 1. The van der Waals surface area contributed by atoms with E-state index < -0.39 is 17.6 Å². The zero-order valence-electron chi connectivity index (χ0n) is 14.9. The number of Topliss-reactive ketones (excluding diaryl/α,β-unsaturated/α-hetero) is 2. The molecule has 0 aliphatic carbocycles. The summed E-state index contributed by atoms with van der Waals surface area (Å²) in [4.78, 5) is 26.2. The molecule has 4 rings (SSSR count). The Labute approximate surface area is 158 Å². The third-order valence-electron chi connectivity index (χ3n) is 5.83. The van der Waals surface area contributed by atoms with Gasteiger partial charge in [-0.05, 0) is 66.6 Å². The molecule has 1 unspecified atom stereocenters. The SMILES string of the molecule is CC[C@]12CC[C@H](O1)C(=O)C(c1cc(-c3ccc(Cl)cc3)ccc1C)C2=O. The fourth-order valence-electron chi connectivity index (χ4n) is 4.22. The Morgan fingerprint density at radius 3 is 2.50 bits per heavy atom. The molecule has 3 nitrogen and oxygen atoms in total. The average molecular weight is 369 g/mol. The molecule has 2 saturated heterocycles. The summed E-state index contributed by atoms with van der Waals surface area (Å²) in [6.45, 7) is 3.92. The monoisotopic (exact) mass is 368 g/mol. The highest BCUT2D eigenvalue weighted by Gasteiger charge is 2.57. The Morgan fingerprint density at radius 1 is 1.12 bits per heavy atom. The van der Waals surface area contributed by atoms with Gasteiger partial charge in [-0.2, -0.15) is 0 Å². The van der Waals surface area contributed by atoms with Gasteiger partial charge in [0.15, 0.2) is 11.6 Å². The van der Waals surface area contributed by atoms with Gasteiger partial charge in [-0.1, -0.05) is 42.8 Å². The van der Waals surface area contributed by atoms with Crippen LogP contribution in [0, 0.1) is 6.92 Å². The first-order valence-electron chi connectivity index (χ1n) is 9.07. The normalized spacial score (nSPS) is 27.8. The van der Waals surface area contributed by atoms with Gasteiger partial charge in [0.2, 0.25) is 0 Å². The Bertz CT molecular complexity index is 887. The molecule has 3 atom stereocenters. The maximum atomic E-state index is 13.2. The van der Waals surface area contributed by atoms with Gasteiger partial charge >= 0.3 is 0 Å². The van der Waals surface area contributed by atoms with E-state index in [-0.39, 0.29) is 11.6 Å². The van der Waals surface area contributed by atoms with E-state index in [0.29, 0.717) is 24.3 Å². The van der Waals surface area contributed by atoms with Crippen LogP contribution in [-0.2, 0) is 14.3 Å². The molecular formula is C22H21ClO3. The molecule has 134 valence electrons. The summed E-state index contributed by atoms with van der Waals surface area (Å²) in [5.74, 6) is -0.883. The zero-order valence-corrected chi connectivity index (χ0v) is 15.7. The van der Waals surface area contributed by atoms with E-state index in [1.54, 1.807) is 0 Å². The van der Waals surface area contributed by atoms with Gasteiger partial charge in [-0.15, -0.1) is 0 Å². The number of hydrogen-bond acceptors (Lipinski definition) is 3. The second-order valence-corrected chi connectivity index (χ2v) is 7.71. The van der Waals surface area contributed by atoms with Crippen molar-refractivity contribution in [3.8, 4) is 11.1 Å². The largest absolute Gasteiger partial charge is 0.356 e. The summed E-state index contributed by atoms with van der Waals surface area (Å²) in [7, 11) is 0. The quantitative estimate of drug-likeness (QED) is 0.725. The number of rotatable bonds is 3. The van der Waals surface area contributed by atoms with Crippen LogP contribution in [0.3, 0.4) is 0 Å². The highest BCUT2D eigenvalue weighted by Crippen LogP contribution is 2.46. The number of carbonyl (C=O) groups is 2. The summed E-state index contributed by atoms with van der Waals surface area (Å²) >= 11 is 5.98. The Balaban J connectivity index is 1.79. The Kier molecular flexibility index (Phi) is 4.25. The molecule has 0 aromatic heterocycles. The highest BCUT2D eigenvalue weighted by molar-refractivity contribution is 6.30. The maximum Gasteiger partial charge on any atom is 0.179 e. The minimum Gasteiger partial charge on any atom is -0.356 e. The van der Waals surface area contributed by atoms with Crippen LogP contribution in [0.4, 0.5) is 0 Å². The van der Waals surface area contributed by atoms with Crippen LogP contribution < -0.4 is 0 Å². The molecule has 26 heavy (non-hydrogen) atoms. The van der Waals surface area contributed by atoms with E-state index in [1.807, 2.05) is 56.3 Å². The topological polar surface area (TPSA) is 43.4 Å². The van der Waals surface area contributed by atoms with Crippen LogP contribution in [0.15, 0.2) is 42.5 Å². The molecule has 2 aromatic rings. The number of halogens is 1. The molecule has 0 saturated carbocycles. The molecule has 0 spiro atoms. The summed E-state index contributed by atoms with van der Waals surface area (Å²) in [6.07, 6.45) is 1.45. The molecule has 0 N–H and O–H groups in total. The average Bonchev–Trinajstić information content (AvgIpc) is 3.06. The van der Waals surface area contributed by atoms with E-state index in [0.717, 1.165) is 22.3 Å². The second-order valence-electron chi connectivity index (χ2n) is 7.27. The number of ketones is 2. The van der Waals surface area contributed by atoms with Crippen molar-refractivity contribution in [1.29, 1.82) is 0 Å². The molecule has 2 heterocycles. The van der Waals surface area contributed by atoms with Gasteiger partial charge in [-0.3, -0.25) is 9.59 Å². The molecule has 2 bridgehead atoms. The van der Waals surface area contributed by atoms with Crippen molar-refractivity contribution in [2.24, 2.45) is 0 Å². The van der Waals surface area contributed by atoms with Crippen LogP contribution in [0.25, 0.3) is 11.1 Å². The fraction of sp³-hybridized carbons (Fsp3) is 0.364. The lowest BCUT2D eigenvalue weighted by atomic mass is 9.77. The first-order chi connectivity index (χ1) is 12.4. The van der Waals surface area contributed by atoms with Gasteiger partial charge < -0.3 is 4.74 Å². The zero-order chi connectivity index (χ0) is 18.5. The van der Waals surface area contributed by atoms with Crippen molar-refractivity contribution in [3.63, 3.8) is 0 Å². The fourth-order valence-corrected chi connectivity index (χ4v) is 4.34. The molecule has 2 fully saturated rings. The smallest absolute Gasteiger partial charge is 0.179 e. The first-order valence-corrected chi connectivity index (χ1v) is 9.45. The van der Waals surface area contributed by atoms with Crippen molar-refractivity contribution in [2.75, 3.05) is 0 Å². The number of fused-ring (bicyclic) bond motifs is 2. The lowest BCUT2D eigenvalue weighted by Crippen LogP contribution is -2.50. The minimum atomic E-state index is -0.786. The molecule has 4 heteroatoms. The van der Waals surface area contributed by atoms with Crippen LogP contribution in [-0.4, -0.2) is 23.3 Å². The van der Waals surface area contributed by atoms with Gasteiger partial charge in [-0.25, -0.2) is 0 Å². The highest BCUT2D eigenvalue weighted by atomic mass is 35.5. The van der Waals surface area contributed by atoms with Crippen molar-refractivity contribution >= 4 is 23.2 Å². The summed E-state index contributed by atoms with van der Waals surface area (Å²) < 4.78 is 5.86. The predicted molar refractivity (Wildman–Crippen MR) is 102 cm³/mol. The molecule has 0 radical (unpaired) electrons. The Morgan fingerprint density at radius 2 is 1.81 bits per heavy atom. The molecule has 2 aromatic carbocycles. The predicted octanol–water partition coefficient (Wildman–Crippen LogP) is 4.88. The third-order valence-corrected chi connectivity index (χ3v) is 6.08. The van der Waals surface area contributed by atoms with Gasteiger partial charge in [0.05, 0.1) is 0 Å². The lowest BCUT2D eigenvalue weighted by Gasteiger charge is -2.35. The molecule has 0 amide bonds. The number of aryl methyl sites for hydroxylation is 1. The van der Waals surface area contributed by atoms with Crippen molar-refractivity contribution in [2.45, 2.75) is 50.7 Å². The molecular weight excluding hydrogens is 348 g/mol. The summed E-state index contributed by atoms with van der Waals surface area (Å²) in [5.41, 5.74) is 2.97. The van der Waals surface area contributed by atoms with Gasteiger partial charge in [0.25, 0.3) is 0 Å². The number of carbonyl (C=O) groups excluding carboxylic acids is 2. The number of hydrogen-bond donors (Lipinski definition) is 0. The van der Waals surface area contributed by atoms with Gasteiger partial charge in [0.1, 0.15) is 17.6 Å². The third kappa shape index (κ3) is 2.62. The van der Waals surface area contributed by atoms with Gasteiger partial charge in [0, 0.05) is 5.02 Å². The number of benzene rings is 2. The van der Waals surface area contributed by atoms with E-state index in [9.17, 15) is 9.59 Å². The van der Waals surface area contributed by atoms with E-state index >= 15 is 0 Å². The summed E-state index contributed by atoms with van der Waals surface area (Å²) in [5, 5.41) is 0.678. The van der Waals surface area contributed by atoms with Crippen LogP contribution >= 0.6 is 11.6 Å². The van der Waals surface area contributed by atoms with E-state index in [1.165, 1.54) is 0 Å². The van der Waals surface area contributed by atoms with Crippen LogP contribution in [0.2, 0.25) is 5.02 Å². The summed E-state index contributed by atoms with van der Waals surface area (Å²) in [6, 6.07) is 13.5. The standard InChI is InChI=1S/C22H21ClO3/c1-3-22-11-10-18(26-22)20(24)19(21(22)25)17-12-15(5-4-13(17)2)14-6-8-16(23)9-7-14/h4-9,12,18-19H,3,10-11H2,1-2H3/t18-,19?,22+/m0/s1. The maximum absolute atomic E-state index is 13.2.